The van der Waals surface area contributed by atoms with Crippen molar-refractivity contribution in [1.29, 1.82) is 0 Å². The zero-order chi connectivity index (χ0) is 21.1. The normalized spacial score (nSPS) is 11.8. The zero-order valence-corrected chi connectivity index (χ0v) is 15.7. The number of furan rings is 1. The summed E-state index contributed by atoms with van der Waals surface area (Å²) in [6.45, 7) is 1.55. The molecule has 3 rings (SSSR count). The van der Waals surface area contributed by atoms with E-state index in [-0.39, 0.29) is 29.3 Å². The highest BCUT2D eigenvalue weighted by atomic mass is 16.5. The van der Waals surface area contributed by atoms with E-state index in [2.05, 4.69) is 0 Å². The minimum absolute atomic E-state index is 0.0916. The minimum Gasteiger partial charge on any atom is -0.502 e. The summed E-state index contributed by atoms with van der Waals surface area (Å²) < 4.78 is 16.1. The van der Waals surface area contributed by atoms with Crippen molar-refractivity contribution in [1.82, 2.24) is 0 Å². The van der Waals surface area contributed by atoms with Crippen LogP contribution in [0.2, 0.25) is 0 Å². The van der Waals surface area contributed by atoms with Crippen LogP contribution in [0.25, 0.3) is 11.3 Å². The quantitative estimate of drug-likeness (QED) is 0.606. The van der Waals surface area contributed by atoms with Crippen molar-refractivity contribution < 1.29 is 33.4 Å². The molecule has 0 saturated carbocycles. The Hall–Kier alpha value is -3.81. The van der Waals surface area contributed by atoms with Crippen LogP contribution in [-0.4, -0.2) is 29.3 Å². The molecule has 0 unspecified atom stereocenters. The fraction of sp³-hybridized carbons (Fsp3) is 0.190. The summed E-state index contributed by atoms with van der Waals surface area (Å²) in [7, 11) is 1.22. The highest BCUT2D eigenvalue weighted by Crippen LogP contribution is 2.36. The molecule has 8 nitrogen and oxygen atoms in total. The lowest BCUT2D eigenvalue weighted by Crippen LogP contribution is -2.13. The number of carboxylic acid groups (broad SMARTS) is 1. The van der Waals surface area contributed by atoms with Gasteiger partial charge in [0.15, 0.2) is 5.76 Å². The molecule has 0 spiro atoms. The van der Waals surface area contributed by atoms with Crippen LogP contribution in [0.3, 0.4) is 0 Å². The largest absolute Gasteiger partial charge is 0.502 e. The number of hydrogen-bond donors (Lipinski definition) is 2. The maximum atomic E-state index is 12.0. The van der Waals surface area contributed by atoms with Gasteiger partial charge in [0.05, 0.1) is 25.0 Å². The van der Waals surface area contributed by atoms with Gasteiger partial charge in [-0.15, -0.1) is 0 Å². The molecule has 0 amide bonds. The van der Waals surface area contributed by atoms with Crippen molar-refractivity contribution in [3.63, 3.8) is 0 Å². The van der Waals surface area contributed by atoms with Crippen molar-refractivity contribution in [3.8, 4) is 17.1 Å². The summed E-state index contributed by atoms with van der Waals surface area (Å²) in [6, 6.07) is 10.5. The van der Waals surface area contributed by atoms with E-state index in [9.17, 15) is 19.5 Å². The molecule has 2 heterocycles. The monoisotopic (exact) mass is 398 g/mol. The van der Waals surface area contributed by atoms with Gasteiger partial charge in [0.25, 0.3) is 0 Å². The molecule has 1 atom stereocenters. The molecule has 0 aliphatic carbocycles. The Morgan fingerprint density at radius 2 is 1.90 bits per heavy atom. The Morgan fingerprint density at radius 1 is 1.14 bits per heavy atom. The van der Waals surface area contributed by atoms with E-state index in [1.807, 2.05) is 0 Å². The minimum atomic E-state index is -1.08. The van der Waals surface area contributed by atoms with Crippen LogP contribution in [0.4, 0.5) is 0 Å². The van der Waals surface area contributed by atoms with Crippen LogP contribution in [-0.2, 0) is 9.53 Å². The molecule has 0 aliphatic rings. The van der Waals surface area contributed by atoms with Gasteiger partial charge < -0.3 is 23.8 Å². The molecule has 1 aromatic carbocycles. The maximum absolute atomic E-state index is 12.0. The SMILES string of the molecule is COC(=O)C[C@H](c1ccc(-c2cccc(C(=O)O)c2)o1)c1oc(C)cc(=O)c1O. The number of methoxy groups -OCH3 is 1. The lowest BCUT2D eigenvalue weighted by molar-refractivity contribution is -0.141. The molecule has 150 valence electrons. The van der Waals surface area contributed by atoms with Crippen LogP contribution in [0.5, 0.6) is 5.75 Å². The second kappa shape index (κ2) is 8.05. The van der Waals surface area contributed by atoms with Crippen LogP contribution < -0.4 is 5.43 Å². The fourth-order valence-electron chi connectivity index (χ4n) is 2.94. The Balaban J connectivity index is 2.07. The summed E-state index contributed by atoms with van der Waals surface area (Å²) in [5, 5.41) is 19.4. The molecule has 0 bridgehead atoms. The van der Waals surface area contributed by atoms with Gasteiger partial charge in [0.1, 0.15) is 17.3 Å². The van der Waals surface area contributed by atoms with Crippen molar-refractivity contribution in [2.75, 3.05) is 7.11 Å². The summed E-state index contributed by atoms with van der Waals surface area (Å²) in [5.41, 5.74) is -0.0312. The molecule has 0 radical (unpaired) electrons. The fourth-order valence-corrected chi connectivity index (χ4v) is 2.94. The first kappa shape index (κ1) is 19.9. The number of aromatic hydroxyl groups is 1. The number of benzene rings is 1. The molecule has 0 aliphatic heterocycles. The number of aryl methyl sites for hydroxylation is 1. The second-order valence-corrected chi connectivity index (χ2v) is 6.35. The van der Waals surface area contributed by atoms with Crippen LogP contribution >= 0.6 is 0 Å². The van der Waals surface area contributed by atoms with E-state index in [1.54, 1.807) is 31.2 Å². The van der Waals surface area contributed by atoms with Crippen molar-refractivity contribution in [2.45, 2.75) is 19.3 Å². The molecule has 8 heteroatoms. The van der Waals surface area contributed by atoms with Crippen molar-refractivity contribution in [2.24, 2.45) is 0 Å². The molecular weight excluding hydrogens is 380 g/mol. The predicted octanol–water partition coefficient (Wildman–Crippen LogP) is 3.31. The molecule has 2 aromatic heterocycles. The molecule has 29 heavy (non-hydrogen) atoms. The van der Waals surface area contributed by atoms with E-state index in [0.717, 1.165) is 6.07 Å². The second-order valence-electron chi connectivity index (χ2n) is 6.35. The smallest absolute Gasteiger partial charge is 0.335 e. The van der Waals surface area contributed by atoms with Gasteiger partial charge in [0.2, 0.25) is 11.2 Å². The first-order valence-electron chi connectivity index (χ1n) is 8.64. The van der Waals surface area contributed by atoms with Crippen molar-refractivity contribution >= 4 is 11.9 Å². The molecule has 0 fully saturated rings. The number of carbonyl (C=O) groups is 2. The first-order valence-corrected chi connectivity index (χ1v) is 8.64. The van der Waals surface area contributed by atoms with Gasteiger partial charge in [-0.3, -0.25) is 9.59 Å². The van der Waals surface area contributed by atoms with E-state index >= 15 is 0 Å². The Morgan fingerprint density at radius 3 is 2.59 bits per heavy atom. The van der Waals surface area contributed by atoms with Crippen LogP contribution in [0, 0.1) is 6.92 Å². The Kier molecular flexibility index (Phi) is 5.54. The molecular formula is C21H18O8. The lowest BCUT2D eigenvalue weighted by Gasteiger charge is -2.14. The number of ether oxygens (including phenoxy) is 1. The molecule has 2 N–H and O–H groups in total. The summed E-state index contributed by atoms with van der Waals surface area (Å²) in [5.74, 6) is -2.44. The summed E-state index contributed by atoms with van der Waals surface area (Å²) in [6.07, 6.45) is -0.238. The number of rotatable bonds is 6. The third-order valence-electron chi connectivity index (χ3n) is 4.35. The average Bonchev–Trinajstić information content (AvgIpc) is 3.19. The van der Waals surface area contributed by atoms with E-state index in [0.29, 0.717) is 11.3 Å². The van der Waals surface area contributed by atoms with Crippen LogP contribution in [0.15, 0.2) is 56.1 Å². The van der Waals surface area contributed by atoms with Crippen LogP contribution in [0.1, 0.15) is 40.0 Å². The third kappa shape index (κ3) is 4.21. The molecule has 0 saturated heterocycles. The standard InChI is InChI=1S/C21H18O8/c1-11-8-15(22)19(24)20(28-11)14(10-18(23)27-2)17-7-6-16(29-17)12-4-3-5-13(9-12)21(25)26/h3-9,14,24H,10H2,1-2H3,(H,25,26)/t14-/m1/s1. The number of carbonyl (C=O) groups excluding carboxylic acids is 1. The van der Waals surface area contributed by atoms with E-state index in [4.69, 9.17) is 18.7 Å². The number of esters is 1. The van der Waals surface area contributed by atoms with E-state index in [1.165, 1.54) is 19.2 Å². The highest BCUT2D eigenvalue weighted by molar-refractivity contribution is 5.89. The number of aromatic carboxylic acids is 1. The van der Waals surface area contributed by atoms with Gasteiger partial charge in [-0.25, -0.2) is 4.79 Å². The molecule has 3 aromatic rings. The van der Waals surface area contributed by atoms with Gasteiger partial charge in [-0.2, -0.15) is 0 Å². The summed E-state index contributed by atoms with van der Waals surface area (Å²) >= 11 is 0. The summed E-state index contributed by atoms with van der Waals surface area (Å²) in [4.78, 5) is 35.1. The first-order chi connectivity index (χ1) is 13.8. The zero-order valence-electron chi connectivity index (χ0n) is 15.7. The van der Waals surface area contributed by atoms with Gasteiger partial charge in [-0.1, -0.05) is 12.1 Å². The Bertz CT molecular complexity index is 1120. The van der Waals surface area contributed by atoms with Crippen molar-refractivity contribution in [3.05, 3.63) is 75.5 Å². The van der Waals surface area contributed by atoms with Gasteiger partial charge >= 0.3 is 11.9 Å². The van der Waals surface area contributed by atoms with Gasteiger partial charge in [-0.05, 0) is 31.2 Å². The average molecular weight is 398 g/mol. The maximum Gasteiger partial charge on any atom is 0.335 e. The third-order valence-corrected chi connectivity index (χ3v) is 4.35. The topological polar surface area (TPSA) is 127 Å². The van der Waals surface area contributed by atoms with Gasteiger partial charge in [0, 0.05) is 11.6 Å². The number of carboxylic acids is 1. The number of hydrogen-bond acceptors (Lipinski definition) is 7. The predicted molar refractivity (Wildman–Crippen MR) is 101 cm³/mol. The lowest BCUT2D eigenvalue weighted by atomic mass is 9.98. The van der Waals surface area contributed by atoms with E-state index < -0.39 is 29.0 Å². The Labute approximate surface area is 165 Å². The highest BCUT2D eigenvalue weighted by Gasteiger charge is 2.29.